The van der Waals surface area contributed by atoms with Crippen molar-refractivity contribution in [2.45, 2.75) is 43.7 Å². The van der Waals surface area contributed by atoms with Crippen LogP contribution in [0.5, 0.6) is 0 Å². The molecule has 1 aliphatic rings. The van der Waals surface area contributed by atoms with Gasteiger partial charge in [-0.25, -0.2) is 8.42 Å². The highest BCUT2D eigenvalue weighted by Crippen LogP contribution is 2.24. The van der Waals surface area contributed by atoms with E-state index in [0.717, 1.165) is 50.5 Å². The lowest BCUT2D eigenvalue weighted by Gasteiger charge is -2.42. The molecule has 0 spiro atoms. The molecule has 0 amide bonds. The second-order valence-corrected chi connectivity index (χ2v) is 10.8. The quantitative estimate of drug-likeness (QED) is 0.304. The van der Waals surface area contributed by atoms with Gasteiger partial charge in [0, 0.05) is 45.0 Å². The van der Waals surface area contributed by atoms with Gasteiger partial charge in [-0.15, -0.1) is 24.0 Å². The smallest absolute Gasteiger partial charge is 0.191 e. The summed E-state index contributed by atoms with van der Waals surface area (Å²) >= 11 is 0. The van der Waals surface area contributed by atoms with Crippen LogP contribution in [0.1, 0.15) is 30.5 Å². The molecule has 1 aliphatic heterocycles. The minimum Gasteiger partial charge on any atom is -0.356 e. The maximum absolute atomic E-state index is 11.6. The van der Waals surface area contributed by atoms with Crippen LogP contribution in [0.3, 0.4) is 0 Å². The first-order valence-corrected chi connectivity index (χ1v) is 12.6. The number of sulfone groups is 1. The molecule has 176 valence electrons. The molecule has 2 N–H and O–H groups in total. The minimum atomic E-state index is -3.15. The molecular formula is C24H35IN4O2S. The van der Waals surface area contributed by atoms with Gasteiger partial charge in [-0.05, 0) is 55.5 Å². The Morgan fingerprint density at radius 3 is 2.34 bits per heavy atom. The van der Waals surface area contributed by atoms with Crippen LogP contribution in [0.25, 0.3) is 0 Å². The van der Waals surface area contributed by atoms with Gasteiger partial charge in [0.25, 0.3) is 0 Å². The molecule has 8 heteroatoms. The Kier molecular flexibility index (Phi) is 9.53. The third-order valence-electron chi connectivity index (χ3n) is 5.96. The summed E-state index contributed by atoms with van der Waals surface area (Å²) in [5.41, 5.74) is 3.96. The van der Waals surface area contributed by atoms with Gasteiger partial charge >= 0.3 is 0 Å². The van der Waals surface area contributed by atoms with Crippen molar-refractivity contribution in [1.29, 1.82) is 0 Å². The van der Waals surface area contributed by atoms with Crippen LogP contribution in [-0.2, 0) is 29.2 Å². The summed E-state index contributed by atoms with van der Waals surface area (Å²) in [6.07, 6.45) is 3.10. The van der Waals surface area contributed by atoms with Crippen LogP contribution in [0.4, 0.5) is 0 Å². The molecule has 0 aromatic heterocycles. The Hall–Kier alpha value is -1.65. The lowest BCUT2D eigenvalue weighted by atomic mass is 9.94. The second kappa shape index (κ2) is 11.5. The molecule has 0 fully saturated rings. The fourth-order valence-electron chi connectivity index (χ4n) is 3.87. The molecule has 1 heterocycles. The standard InChI is InChI=1S/C24H34N4O2S.HI/c1-24(2,28-16-14-20-7-5-6-8-21(20)17-28)18-27-23(25-3)26-15-13-19-9-11-22(12-10-19)31(4,29)30;/h5-12H,13-18H2,1-4H3,(H2,25,26,27);1H. The number of benzene rings is 2. The van der Waals surface area contributed by atoms with Gasteiger partial charge in [0.2, 0.25) is 0 Å². The van der Waals surface area contributed by atoms with Crippen molar-refractivity contribution in [3.05, 3.63) is 65.2 Å². The summed E-state index contributed by atoms with van der Waals surface area (Å²) < 4.78 is 23.1. The molecule has 0 radical (unpaired) electrons. The van der Waals surface area contributed by atoms with Crippen LogP contribution < -0.4 is 10.6 Å². The number of rotatable bonds is 7. The zero-order valence-electron chi connectivity index (χ0n) is 19.4. The van der Waals surface area contributed by atoms with Crippen LogP contribution >= 0.6 is 24.0 Å². The Labute approximate surface area is 209 Å². The molecule has 0 atom stereocenters. The summed E-state index contributed by atoms with van der Waals surface area (Å²) in [5, 5.41) is 6.82. The highest BCUT2D eigenvalue weighted by molar-refractivity contribution is 14.0. The van der Waals surface area contributed by atoms with Crippen molar-refractivity contribution in [1.82, 2.24) is 15.5 Å². The van der Waals surface area contributed by atoms with Crippen molar-refractivity contribution in [3.8, 4) is 0 Å². The first kappa shape index (κ1) is 26.6. The lowest BCUT2D eigenvalue weighted by Crippen LogP contribution is -2.54. The lowest BCUT2D eigenvalue weighted by molar-refractivity contribution is 0.107. The number of hydrogen-bond acceptors (Lipinski definition) is 4. The number of nitrogens with zero attached hydrogens (tertiary/aromatic N) is 2. The van der Waals surface area contributed by atoms with Gasteiger partial charge in [0.1, 0.15) is 0 Å². The first-order valence-electron chi connectivity index (χ1n) is 10.7. The number of hydrogen-bond donors (Lipinski definition) is 2. The summed E-state index contributed by atoms with van der Waals surface area (Å²) in [7, 11) is -1.38. The molecule has 2 aromatic rings. The van der Waals surface area contributed by atoms with Gasteiger partial charge in [-0.3, -0.25) is 9.89 Å². The fourth-order valence-corrected chi connectivity index (χ4v) is 4.50. The largest absolute Gasteiger partial charge is 0.356 e. The van der Waals surface area contributed by atoms with E-state index < -0.39 is 9.84 Å². The van der Waals surface area contributed by atoms with Gasteiger partial charge in [-0.1, -0.05) is 36.4 Å². The van der Waals surface area contributed by atoms with E-state index in [0.29, 0.717) is 4.90 Å². The topological polar surface area (TPSA) is 73.8 Å². The number of halogens is 1. The van der Waals surface area contributed by atoms with Gasteiger partial charge in [-0.2, -0.15) is 0 Å². The van der Waals surface area contributed by atoms with Gasteiger partial charge in [0.15, 0.2) is 15.8 Å². The maximum Gasteiger partial charge on any atom is 0.191 e. The zero-order valence-corrected chi connectivity index (χ0v) is 22.5. The molecule has 0 aliphatic carbocycles. The van der Waals surface area contributed by atoms with Crippen LogP contribution in [-0.4, -0.2) is 57.8 Å². The van der Waals surface area contributed by atoms with E-state index in [2.05, 4.69) is 58.6 Å². The Morgan fingerprint density at radius 1 is 1.06 bits per heavy atom. The molecule has 0 saturated heterocycles. The van der Waals surface area contributed by atoms with Crippen LogP contribution in [0, 0.1) is 0 Å². The third kappa shape index (κ3) is 7.18. The van der Waals surface area contributed by atoms with Crippen molar-refractivity contribution in [3.63, 3.8) is 0 Å². The monoisotopic (exact) mass is 570 g/mol. The Balaban J connectivity index is 0.00000363. The average molecular weight is 571 g/mol. The molecule has 0 unspecified atom stereocenters. The van der Waals surface area contributed by atoms with Crippen molar-refractivity contribution in [2.75, 3.05) is 32.9 Å². The third-order valence-corrected chi connectivity index (χ3v) is 7.08. The highest BCUT2D eigenvalue weighted by Gasteiger charge is 2.29. The first-order chi connectivity index (χ1) is 14.7. The molecule has 6 nitrogen and oxygen atoms in total. The number of guanidine groups is 1. The van der Waals surface area contributed by atoms with E-state index in [4.69, 9.17) is 0 Å². The van der Waals surface area contributed by atoms with Crippen LogP contribution in [0.15, 0.2) is 58.4 Å². The number of aliphatic imine (C=N–C) groups is 1. The predicted molar refractivity (Wildman–Crippen MR) is 143 cm³/mol. The second-order valence-electron chi connectivity index (χ2n) is 8.77. The van der Waals surface area contributed by atoms with E-state index in [-0.39, 0.29) is 29.5 Å². The SMILES string of the molecule is CN=C(NCCc1ccc(S(C)(=O)=O)cc1)NCC(C)(C)N1CCc2ccccc2C1.I. The van der Waals surface area contributed by atoms with Gasteiger partial charge < -0.3 is 10.6 Å². The Morgan fingerprint density at radius 2 is 1.72 bits per heavy atom. The van der Waals surface area contributed by atoms with Crippen molar-refractivity contribution >= 4 is 39.8 Å². The van der Waals surface area contributed by atoms with E-state index in [1.54, 1.807) is 19.2 Å². The summed E-state index contributed by atoms with van der Waals surface area (Å²) in [6.45, 7) is 8.07. The average Bonchev–Trinajstić information content (AvgIpc) is 2.75. The summed E-state index contributed by atoms with van der Waals surface area (Å²) in [6, 6.07) is 15.8. The molecule has 0 bridgehead atoms. The molecule has 0 saturated carbocycles. The van der Waals surface area contributed by atoms with Crippen molar-refractivity contribution in [2.24, 2.45) is 4.99 Å². The number of nitrogens with one attached hydrogen (secondary N) is 2. The van der Waals surface area contributed by atoms with Crippen LogP contribution in [0.2, 0.25) is 0 Å². The van der Waals surface area contributed by atoms with Crippen molar-refractivity contribution < 1.29 is 8.42 Å². The zero-order chi connectivity index (χ0) is 22.5. The molecule has 2 aromatic carbocycles. The summed E-state index contributed by atoms with van der Waals surface area (Å²) in [4.78, 5) is 7.22. The van der Waals surface area contributed by atoms with E-state index in [9.17, 15) is 8.42 Å². The highest BCUT2D eigenvalue weighted by atomic mass is 127. The predicted octanol–water partition coefficient (Wildman–Crippen LogP) is 3.25. The fraction of sp³-hybridized carbons (Fsp3) is 0.458. The summed E-state index contributed by atoms with van der Waals surface area (Å²) in [5.74, 6) is 0.776. The van der Waals surface area contributed by atoms with Gasteiger partial charge in [0.05, 0.1) is 4.90 Å². The van der Waals surface area contributed by atoms with E-state index in [1.807, 2.05) is 12.1 Å². The minimum absolute atomic E-state index is 0. The molecular weight excluding hydrogens is 535 g/mol. The number of fused-ring (bicyclic) bond motifs is 1. The van der Waals surface area contributed by atoms with E-state index in [1.165, 1.54) is 17.4 Å². The normalized spacial score (nSPS) is 14.9. The Bertz CT molecular complexity index is 1020. The molecule has 32 heavy (non-hydrogen) atoms. The molecule has 3 rings (SSSR count). The maximum atomic E-state index is 11.6. The van der Waals surface area contributed by atoms with E-state index >= 15 is 0 Å².